The first kappa shape index (κ1) is 12.9. The molecular weight excluding hydrogens is 297 g/mol. The van der Waals surface area contributed by atoms with E-state index >= 15 is 0 Å². The van der Waals surface area contributed by atoms with E-state index in [2.05, 4.69) is 15.9 Å². The molecule has 0 unspecified atom stereocenters. The third-order valence-electron chi connectivity index (χ3n) is 2.56. The summed E-state index contributed by atoms with van der Waals surface area (Å²) in [7, 11) is 0. The van der Waals surface area contributed by atoms with Crippen LogP contribution in [0.25, 0.3) is 0 Å². The summed E-state index contributed by atoms with van der Waals surface area (Å²) >= 11 is 3.36. The number of hydrogen-bond donors (Lipinski definition) is 1. The number of anilines is 1. The molecule has 0 saturated carbocycles. The van der Waals surface area contributed by atoms with Gasteiger partial charge < -0.3 is 10.5 Å². The second-order valence-electron chi connectivity index (χ2n) is 4.07. The maximum atomic E-state index is 13.1. The molecule has 18 heavy (non-hydrogen) atoms. The molecule has 0 heterocycles. The molecule has 0 saturated heterocycles. The standard InChI is InChI=1S/C14H13BrFNO/c1-9-2-5-13(17)14(6-9)18-8-10-7-11(16)3-4-12(10)15/h2-7H,8,17H2,1H3. The van der Waals surface area contributed by atoms with Crippen molar-refractivity contribution in [3.63, 3.8) is 0 Å². The van der Waals surface area contributed by atoms with Crippen molar-refractivity contribution in [2.75, 3.05) is 5.73 Å². The molecule has 4 heteroatoms. The van der Waals surface area contributed by atoms with E-state index in [0.29, 0.717) is 11.4 Å². The van der Waals surface area contributed by atoms with Crippen molar-refractivity contribution in [1.29, 1.82) is 0 Å². The normalized spacial score (nSPS) is 10.4. The van der Waals surface area contributed by atoms with E-state index in [1.165, 1.54) is 12.1 Å². The van der Waals surface area contributed by atoms with Crippen LogP contribution in [0.2, 0.25) is 0 Å². The van der Waals surface area contributed by atoms with Gasteiger partial charge in [-0.3, -0.25) is 0 Å². The zero-order valence-electron chi connectivity index (χ0n) is 9.91. The van der Waals surface area contributed by atoms with Crippen molar-refractivity contribution < 1.29 is 9.13 Å². The number of aryl methyl sites for hydroxylation is 1. The van der Waals surface area contributed by atoms with Crippen molar-refractivity contribution in [1.82, 2.24) is 0 Å². The molecule has 2 N–H and O–H groups in total. The Balaban J connectivity index is 2.16. The Hall–Kier alpha value is -1.55. The second-order valence-corrected chi connectivity index (χ2v) is 4.92. The average molecular weight is 310 g/mol. The van der Waals surface area contributed by atoms with Gasteiger partial charge in [-0.25, -0.2) is 4.39 Å². The van der Waals surface area contributed by atoms with E-state index in [4.69, 9.17) is 10.5 Å². The van der Waals surface area contributed by atoms with Crippen LogP contribution in [0.5, 0.6) is 5.75 Å². The maximum Gasteiger partial charge on any atom is 0.142 e. The Morgan fingerprint density at radius 1 is 1.22 bits per heavy atom. The quantitative estimate of drug-likeness (QED) is 0.868. The van der Waals surface area contributed by atoms with E-state index in [1.807, 2.05) is 19.1 Å². The molecule has 0 spiro atoms. The van der Waals surface area contributed by atoms with Gasteiger partial charge in [0.1, 0.15) is 18.2 Å². The lowest BCUT2D eigenvalue weighted by Gasteiger charge is -2.11. The summed E-state index contributed by atoms with van der Waals surface area (Å²) in [5.74, 6) is 0.333. The first-order valence-corrected chi connectivity index (χ1v) is 6.28. The molecule has 0 bridgehead atoms. The lowest BCUT2D eigenvalue weighted by Crippen LogP contribution is -2.00. The monoisotopic (exact) mass is 309 g/mol. The number of ether oxygens (including phenoxy) is 1. The van der Waals surface area contributed by atoms with Crippen LogP contribution in [0, 0.1) is 12.7 Å². The Bertz CT molecular complexity index is 520. The van der Waals surface area contributed by atoms with Crippen LogP contribution in [0.15, 0.2) is 40.9 Å². The van der Waals surface area contributed by atoms with E-state index in [-0.39, 0.29) is 12.4 Å². The minimum atomic E-state index is -0.283. The van der Waals surface area contributed by atoms with Gasteiger partial charge in [0.2, 0.25) is 0 Å². The van der Waals surface area contributed by atoms with Crippen LogP contribution in [-0.4, -0.2) is 0 Å². The van der Waals surface area contributed by atoms with Gasteiger partial charge >= 0.3 is 0 Å². The van der Waals surface area contributed by atoms with Gasteiger partial charge in [-0.1, -0.05) is 22.0 Å². The Labute approximate surface area is 114 Å². The lowest BCUT2D eigenvalue weighted by atomic mass is 10.2. The molecule has 94 valence electrons. The number of halogens is 2. The van der Waals surface area contributed by atoms with Crippen LogP contribution in [-0.2, 0) is 6.61 Å². The summed E-state index contributed by atoms with van der Waals surface area (Å²) in [5.41, 5.74) is 8.20. The van der Waals surface area contributed by atoms with E-state index < -0.39 is 0 Å². The molecular formula is C14H13BrFNO. The molecule has 0 aliphatic heterocycles. The highest BCUT2D eigenvalue weighted by molar-refractivity contribution is 9.10. The predicted molar refractivity (Wildman–Crippen MR) is 74.0 cm³/mol. The van der Waals surface area contributed by atoms with Gasteiger partial charge in [0, 0.05) is 10.0 Å². The molecule has 0 radical (unpaired) electrons. The molecule has 2 aromatic carbocycles. The fourth-order valence-electron chi connectivity index (χ4n) is 1.58. The van der Waals surface area contributed by atoms with Gasteiger partial charge in [-0.2, -0.15) is 0 Å². The first-order chi connectivity index (χ1) is 8.56. The summed E-state index contributed by atoms with van der Waals surface area (Å²) in [6.07, 6.45) is 0. The Morgan fingerprint density at radius 2 is 2.00 bits per heavy atom. The average Bonchev–Trinajstić information content (AvgIpc) is 2.34. The fraction of sp³-hybridized carbons (Fsp3) is 0.143. The maximum absolute atomic E-state index is 13.1. The first-order valence-electron chi connectivity index (χ1n) is 5.49. The molecule has 0 aliphatic carbocycles. The van der Waals surface area contributed by atoms with Crippen LogP contribution < -0.4 is 10.5 Å². The molecule has 2 aromatic rings. The highest BCUT2D eigenvalue weighted by Crippen LogP contribution is 2.25. The molecule has 2 rings (SSSR count). The van der Waals surface area contributed by atoms with Crippen molar-refractivity contribution in [2.24, 2.45) is 0 Å². The largest absolute Gasteiger partial charge is 0.487 e. The van der Waals surface area contributed by atoms with Crippen molar-refractivity contribution in [3.05, 3.63) is 57.8 Å². The molecule has 2 nitrogen and oxygen atoms in total. The third kappa shape index (κ3) is 3.01. The lowest BCUT2D eigenvalue weighted by molar-refractivity contribution is 0.306. The predicted octanol–water partition coefficient (Wildman–Crippen LogP) is 4.06. The molecule has 0 atom stereocenters. The van der Waals surface area contributed by atoms with Gasteiger partial charge in [0.15, 0.2) is 0 Å². The number of benzene rings is 2. The Kier molecular flexibility index (Phi) is 3.87. The van der Waals surface area contributed by atoms with E-state index in [1.54, 1.807) is 12.1 Å². The number of nitrogen functional groups attached to an aromatic ring is 1. The third-order valence-corrected chi connectivity index (χ3v) is 3.33. The summed E-state index contributed by atoms with van der Waals surface area (Å²) in [6, 6.07) is 10.1. The van der Waals surface area contributed by atoms with Gasteiger partial charge in [-0.05, 0) is 42.8 Å². The second kappa shape index (κ2) is 5.40. The van der Waals surface area contributed by atoms with E-state index in [0.717, 1.165) is 15.6 Å². The van der Waals surface area contributed by atoms with Crippen LogP contribution in [0.4, 0.5) is 10.1 Å². The summed E-state index contributed by atoms with van der Waals surface area (Å²) in [6.45, 7) is 2.23. The summed E-state index contributed by atoms with van der Waals surface area (Å²) < 4.78 is 19.5. The Morgan fingerprint density at radius 3 is 2.78 bits per heavy atom. The summed E-state index contributed by atoms with van der Waals surface area (Å²) in [4.78, 5) is 0. The van der Waals surface area contributed by atoms with Crippen LogP contribution in [0.3, 0.4) is 0 Å². The molecule has 0 fully saturated rings. The van der Waals surface area contributed by atoms with E-state index in [9.17, 15) is 4.39 Å². The number of rotatable bonds is 3. The zero-order chi connectivity index (χ0) is 13.1. The number of hydrogen-bond acceptors (Lipinski definition) is 2. The van der Waals surface area contributed by atoms with Gasteiger partial charge in [0.05, 0.1) is 5.69 Å². The highest BCUT2D eigenvalue weighted by atomic mass is 79.9. The van der Waals surface area contributed by atoms with Gasteiger partial charge in [-0.15, -0.1) is 0 Å². The van der Waals surface area contributed by atoms with Crippen molar-refractivity contribution in [3.8, 4) is 5.75 Å². The fourth-order valence-corrected chi connectivity index (χ4v) is 1.94. The smallest absolute Gasteiger partial charge is 0.142 e. The van der Waals surface area contributed by atoms with Crippen molar-refractivity contribution >= 4 is 21.6 Å². The highest BCUT2D eigenvalue weighted by Gasteiger charge is 2.05. The van der Waals surface area contributed by atoms with Crippen LogP contribution in [0.1, 0.15) is 11.1 Å². The van der Waals surface area contributed by atoms with Crippen molar-refractivity contribution in [2.45, 2.75) is 13.5 Å². The molecule has 0 amide bonds. The molecule has 0 aromatic heterocycles. The molecule has 0 aliphatic rings. The summed E-state index contributed by atoms with van der Waals surface area (Å²) in [5, 5.41) is 0. The minimum Gasteiger partial charge on any atom is -0.487 e. The zero-order valence-corrected chi connectivity index (χ0v) is 11.5. The minimum absolute atomic E-state index is 0.270. The SMILES string of the molecule is Cc1ccc(N)c(OCc2cc(F)ccc2Br)c1. The number of nitrogens with two attached hydrogens (primary N) is 1. The topological polar surface area (TPSA) is 35.2 Å². The van der Waals surface area contributed by atoms with Crippen LogP contribution >= 0.6 is 15.9 Å². The van der Waals surface area contributed by atoms with Gasteiger partial charge in [0.25, 0.3) is 0 Å².